The summed E-state index contributed by atoms with van der Waals surface area (Å²) < 4.78 is 14.0. The Morgan fingerprint density at radius 2 is 1.88 bits per heavy atom. The highest BCUT2D eigenvalue weighted by atomic mass is 79.9. The fourth-order valence-electron chi connectivity index (χ4n) is 3.17. The second-order valence-corrected chi connectivity index (χ2v) is 8.69. The molecule has 7 heteroatoms. The van der Waals surface area contributed by atoms with Crippen LogP contribution in [0.25, 0.3) is 10.9 Å². The number of fused-ring (bicyclic) bond motifs is 1. The first kappa shape index (κ1) is 24.0. The molecule has 2 aromatic carbocycles. The summed E-state index contributed by atoms with van der Waals surface area (Å²) in [4.78, 5) is 18.0. The lowest BCUT2D eigenvalue weighted by Crippen LogP contribution is -2.23. The van der Waals surface area contributed by atoms with Crippen LogP contribution in [0.2, 0.25) is 0 Å². The third kappa shape index (κ3) is 5.38. The van der Waals surface area contributed by atoms with E-state index in [1.807, 2.05) is 51.1 Å². The summed E-state index contributed by atoms with van der Waals surface area (Å²) in [5.41, 5.74) is 1.29. The lowest BCUT2D eigenvalue weighted by Gasteiger charge is -2.16. The van der Waals surface area contributed by atoms with Gasteiger partial charge in [-0.25, -0.2) is 4.98 Å². The average molecular weight is 500 g/mol. The van der Waals surface area contributed by atoms with Crippen LogP contribution in [0.15, 0.2) is 50.8 Å². The Morgan fingerprint density at radius 3 is 2.56 bits per heavy atom. The first-order valence-corrected chi connectivity index (χ1v) is 11.9. The van der Waals surface area contributed by atoms with Gasteiger partial charge >= 0.3 is 0 Å². The molecule has 0 amide bonds. The van der Waals surface area contributed by atoms with Crippen molar-refractivity contribution in [2.45, 2.75) is 59.5 Å². The van der Waals surface area contributed by atoms with Crippen molar-refractivity contribution in [2.75, 3.05) is 6.61 Å². The highest BCUT2D eigenvalue weighted by Gasteiger charge is 2.16. The topological polar surface area (TPSA) is 65.7 Å². The van der Waals surface area contributed by atoms with Crippen LogP contribution in [-0.2, 0) is 0 Å². The molecule has 0 spiro atoms. The van der Waals surface area contributed by atoms with Gasteiger partial charge < -0.3 is 9.47 Å². The lowest BCUT2D eigenvalue weighted by molar-refractivity contribution is 0.203. The first-order valence-electron chi connectivity index (χ1n) is 11.1. The molecule has 0 bridgehead atoms. The molecule has 0 aliphatic rings. The highest BCUT2D eigenvalue weighted by molar-refractivity contribution is 9.10. The van der Waals surface area contributed by atoms with Gasteiger partial charge in [-0.15, -0.1) is 0 Å². The maximum absolute atomic E-state index is 13.3. The van der Waals surface area contributed by atoms with Gasteiger partial charge in [0.1, 0.15) is 5.82 Å². The molecule has 0 unspecified atom stereocenters. The molecule has 3 rings (SSSR count). The van der Waals surface area contributed by atoms with Gasteiger partial charge in [0.25, 0.3) is 5.56 Å². The Hall–Kier alpha value is -2.67. The SMILES string of the molecule is CCOc1cc(C=Nn2c([C@H](C)CC)nc3ccc(Br)cc3c2=O)ccc1O[C@@H](C)CC. The van der Waals surface area contributed by atoms with E-state index in [0.29, 0.717) is 34.8 Å². The van der Waals surface area contributed by atoms with Crippen LogP contribution in [0, 0.1) is 0 Å². The van der Waals surface area contributed by atoms with Crippen LogP contribution >= 0.6 is 15.9 Å². The molecule has 0 aliphatic carbocycles. The number of ether oxygens (including phenoxy) is 2. The van der Waals surface area contributed by atoms with Crippen LogP contribution in [0.3, 0.4) is 0 Å². The van der Waals surface area contributed by atoms with E-state index < -0.39 is 0 Å². The molecule has 0 radical (unpaired) electrons. The number of aromatic nitrogens is 2. The number of benzene rings is 2. The van der Waals surface area contributed by atoms with Gasteiger partial charge in [0.05, 0.1) is 29.8 Å². The summed E-state index contributed by atoms with van der Waals surface area (Å²) in [6.45, 7) is 10.7. The van der Waals surface area contributed by atoms with E-state index >= 15 is 0 Å². The zero-order valence-electron chi connectivity index (χ0n) is 19.3. The summed E-state index contributed by atoms with van der Waals surface area (Å²) >= 11 is 3.44. The number of hydrogen-bond donors (Lipinski definition) is 0. The van der Waals surface area contributed by atoms with Gasteiger partial charge in [-0.2, -0.15) is 9.78 Å². The fraction of sp³-hybridized carbons (Fsp3) is 0.400. The predicted octanol–water partition coefficient (Wildman–Crippen LogP) is 6.13. The van der Waals surface area contributed by atoms with E-state index in [2.05, 4.69) is 34.9 Å². The van der Waals surface area contributed by atoms with Crippen molar-refractivity contribution in [3.8, 4) is 11.5 Å². The Balaban J connectivity index is 2.06. The van der Waals surface area contributed by atoms with Crippen LogP contribution < -0.4 is 15.0 Å². The largest absolute Gasteiger partial charge is 0.490 e. The van der Waals surface area contributed by atoms with Crippen molar-refractivity contribution in [1.82, 2.24) is 9.66 Å². The lowest BCUT2D eigenvalue weighted by atomic mass is 10.1. The van der Waals surface area contributed by atoms with Crippen molar-refractivity contribution in [3.05, 3.63) is 62.6 Å². The molecule has 3 aromatic rings. The Bertz CT molecular complexity index is 1170. The van der Waals surface area contributed by atoms with Crippen molar-refractivity contribution in [3.63, 3.8) is 0 Å². The normalized spacial score (nSPS) is 13.4. The minimum Gasteiger partial charge on any atom is -0.490 e. The molecular weight excluding hydrogens is 470 g/mol. The molecule has 6 nitrogen and oxygen atoms in total. The third-order valence-electron chi connectivity index (χ3n) is 5.38. The maximum atomic E-state index is 13.3. The molecular formula is C25H30BrN3O3. The molecule has 0 aliphatic heterocycles. The average Bonchev–Trinajstić information content (AvgIpc) is 2.79. The summed E-state index contributed by atoms with van der Waals surface area (Å²) in [5, 5.41) is 5.06. The highest BCUT2D eigenvalue weighted by Crippen LogP contribution is 2.29. The smallest absolute Gasteiger partial charge is 0.282 e. The Morgan fingerprint density at radius 1 is 1.09 bits per heavy atom. The van der Waals surface area contributed by atoms with Crippen molar-refractivity contribution >= 4 is 33.0 Å². The predicted molar refractivity (Wildman–Crippen MR) is 133 cm³/mol. The molecule has 2 atom stereocenters. The summed E-state index contributed by atoms with van der Waals surface area (Å²) in [7, 11) is 0. The third-order valence-corrected chi connectivity index (χ3v) is 5.87. The Kier molecular flexibility index (Phi) is 8.07. The van der Waals surface area contributed by atoms with Crippen LogP contribution in [0.5, 0.6) is 11.5 Å². The molecule has 0 saturated heterocycles. The van der Waals surface area contributed by atoms with E-state index in [-0.39, 0.29) is 17.6 Å². The first-order chi connectivity index (χ1) is 15.4. The van der Waals surface area contributed by atoms with Gasteiger partial charge in [-0.3, -0.25) is 4.79 Å². The minimum atomic E-state index is -0.190. The fourth-order valence-corrected chi connectivity index (χ4v) is 3.54. The van der Waals surface area contributed by atoms with E-state index in [1.54, 1.807) is 12.3 Å². The summed E-state index contributed by atoms with van der Waals surface area (Å²) in [6.07, 6.45) is 3.50. The van der Waals surface area contributed by atoms with Crippen molar-refractivity contribution in [2.24, 2.45) is 5.10 Å². The molecule has 0 saturated carbocycles. The van der Waals surface area contributed by atoms with Crippen molar-refractivity contribution < 1.29 is 9.47 Å². The molecule has 32 heavy (non-hydrogen) atoms. The molecule has 1 aromatic heterocycles. The van der Waals surface area contributed by atoms with Crippen molar-refractivity contribution in [1.29, 1.82) is 0 Å². The van der Waals surface area contributed by atoms with Gasteiger partial charge in [0.15, 0.2) is 11.5 Å². The summed E-state index contributed by atoms with van der Waals surface area (Å²) in [5.74, 6) is 2.09. The van der Waals surface area contributed by atoms with Crippen LogP contribution in [0.1, 0.15) is 64.8 Å². The van der Waals surface area contributed by atoms with E-state index in [4.69, 9.17) is 14.5 Å². The van der Waals surface area contributed by atoms with E-state index in [0.717, 1.165) is 22.9 Å². The standard InChI is InChI=1S/C25H30BrN3O3/c1-6-16(4)24-28-21-11-10-19(26)14-20(21)25(30)29(24)27-15-18-9-12-22(32-17(5)7-2)23(13-18)31-8-3/h9-17H,6-8H2,1-5H3/t16-,17+/m1/s1. The second-order valence-electron chi connectivity index (χ2n) is 7.78. The monoisotopic (exact) mass is 499 g/mol. The van der Waals surface area contributed by atoms with Gasteiger partial charge in [-0.1, -0.05) is 36.7 Å². The van der Waals surface area contributed by atoms with E-state index in [1.165, 1.54) is 4.68 Å². The second kappa shape index (κ2) is 10.8. The number of halogens is 1. The quantitative estimate of drug-likeness (QED) is 0.332. The molecule has 0 fully saturated rings. The number of rotatable bonds is 9. The number of hydrogen-bond acceptors (Lipinski definition) is 5. The summed E-state index contributed by atoms with van der Waals surface area (Å²) in [6, 6.07) is 11.2. The van der Waals surface area contributed by atoms with Gasteiger partial charge in [-0.05, 0) is 68.7 Å². The van der Waals surface area contributed by atoms with Crippen LogP contribution in [-0.4, -0.2) is 28.6 Å². The van der Waals surface area contributed by atoms with E-state index in [9.17, 15) is 4.79 Å². The van der Waals surface area contributed by atoms with Gasteiger partial charge in [0, 0.05) is 10.4 Å². The molecule has 1 heterocycles. The minimum absolute atomic E-state index is 0.0817. The maximum Gasteiger partial charge on any atom is 0.282 e. The zero-order valence-corrected chi connectivity index (χ0v) is 20.8. The van der Waals surface area contributed by atoms with Crippen LogP contribution in [0.4, 0.5) is 0 Å². The zero-order chi connectivity index (χ0) is 23.3. The number of nitrogens with zero attached hydrogens (tertiary/aromatic N) is 3. The Labute approximate surface area is 197 Å². The molecule has 0 N–H and O–H groups in total. The van der Waals surface area contributed by atoms with Gasteiger partial charge in [0.2, 0.25) is 0 Å². The molecule has 170 valence electrons.